The Bertz CT molecular complexity index is 1140. The number of sulfonamides is 1. The minimum absolute atomic E-state index is 0.0230. The first kappa shape index (κ1) is 20.4. The Kier molecular flexibility index (Phi) is 5.88. The van der Waals surface area contributed by atoms with Gasteiger partial charge < -0.3 is 10.1 Å². The quantitative estimate of drug-likeness (QED) is 0.547. The van der Waals surface area contributed by atoms with Gasteiger partial charge in [0.2, 0.25) is 5.91 Å². The van der Waals surface area contributed by atoms with E-state index < -0.39 is 10.0 Å². The maximum Gasteiger partial charge on any atom is 0.263 e. The van der Waals surface area contributed by atoms with Crippen molar-refractivity contribution in [3.63, 3.8) is 0 Å². The molecule has 152 valence electrons. The first-order valence-electron chi connectivity index (χ1n) is 8.99. The number of carbonyl (C=O) groups excluding carboxylic acids is 1. The number of aromatic nitrogens is 2. The van der Waals surface area contributed by atoms with Crippen molar-refractivity contribution < 1.29 is 17.9 Å². The molecule has 1 heterocycles. The fourth-order valence-corrected chi connectivity index (χ4v) is 3.85. The van der Waals surface area contributed by atoms with E-state index in [2.05, 4.69) is 20.2 Å². The van der Waals surface area contributed by atoms with Crippen LogP contribution in [-0.2, 0) is 14.8 Å². The van der Waals surface area contributed by atoms with Gasteiger partial charge in [-0.25, -0.2) is 8.42 Å². The summed E-state index contributed by atoms with van der Waals surface area (Å²) in [4.78, 5) is 11.4. The fraction of sp³-hybridized carbons (Fsp3) is 0.200. The molecule has 3 aromatic rings. The van der Waals surface area contributed by atoms with Gasteiger partial charge in [-0.3, -0.25) is 14.6 Å². The van der Waals surface area contributed by atoms with E-state index in [9.17, 15) is 13.2 Å². The standard InChI is InChI=1S/C20H22N4O4S/c1-4-28-19-10-9-15(11-18(19)21-14(3)25)29(26,27)24-20-12-17(22-23-20)16-8-6-5-7-13(16)2/h5-12H,4H2,1-3H3,(H,21,25)(H2,22,23,24). The van der Waals surface area contributed by atoms with Crippen LogP contribution in [0.25, 0.3) is 11.3 Å². The van der Waals surface area contributed by atoms with E-state index in [-0.39, 0.29) is 22.3 Å². The minimum Gasteiger partial charge on any atom is -0.492 e. The van der Waals surface area contributed by atoms with Crippen molar-refractivity contribution in [2.45, 2.75) is 25.7 Å². The Morgan fingerprint density at radius 2 is 1.93 bits per heavy atom. The maximum atomic E-state index is 12.8. The highest BCUT2D eigenvalue weighted by Crippen LogP contribution is 2.29. The molecular weight excluding hydrogens is 392 g/mol. The molecule has 0 spiro atoms. The van der Waals surface area contributed by atoms with Crippen LogP contribution >= 0.6 is 0 Å². The summed E-state index contributed by atoms with van der Waals surface area (Å²) < 4.78 is 33.5. The molecule has 2 aromatic carbocycles. The zero-order valence-corrected chi connectivity index (χ0v) is 17.1. The lowest BCUT2D eigenvalue weighted by molar-refractivity contribution is -0.114. The number of aromatic amines is 1. The van der Waals surface area contributed by atoms with Gasteiger partial charge in [-0.15, -0.1) is 0 Å². The molecule has 3 N–H and O–H groups in total. The Morgan fingerprint density at radius 3 is 2.62 bits per heavy atom. The van der Waals surface area contributed by atoms with Gasteiger partial charge in [0.15, 0.2) is 5.82 Å². The number of benzene rings is 2. The molecule has 0 aliphatic heterocycles. The van der Waals surface area contributed by atoms with Crippen LogP contribution in [0.15, 0.2) is 53.4 Å². The zero-order valence-electron chi connectivity index (χ0n) is 16.3. The summed E-state index contributed by atoms with van der Waals surface area (Å²) >= 11 is 0. The molecule has 29 heavy (non-hydrogen) atoms. The van der Waals surface area contributed by atoms with E-state index >= 15 is 0 Å². The SMILES string of the molecule is CCOc1ccc(S(=O)(=O)Nc2cc(-c3ccccc3C)[nH]n2)cc1NC(C)=O. The number of hydrogen-bond donors (Lipinski definition) is 3. The van der Waals surface area contributed by atoms with Crippen molar-refractivity contribution in [3.05, 3.63) is 54.1 Å². The van der Waals surface area contributed by atoms with Crippen LogP contribution in [0.4, 0.5) is 11.5 Å². The smallest absolute Gasteiger partial charge is 0.263 e. The van der Waals surface area contributed by atoms with Crippen molar-refractivity contribution in [2.24, 2.45) is 0 Å². The second-order valence-electron chi connectivity index (χ2n) is 6.36. The second kappa shape index (κ2) is 8.36. The Labute approximate surface area is 169 Å². The van der Waals surface area contributed by atoms with Gasteiger partial charge in [-0.05, 0) is 37.6 Å². The monoisotopic (exact) mass is 414 g/mol. The van der Waals surface area contributed by atoms with Crippen molar-refractivity contribution >= 4 is 27.4 Å². The van der Waals surface area contributed by atoms with Crippen molar-refractivity contribution in [3.8, 4) is 17.0 Å². The third-order valence-corrected chi connectivity index (χ3v) is 5.48. The first-order valence-corrected chi connectivity index (χ1v) is 10.5. The lowest BCUT2D eigenvalue weighted by Crippen LogP contribution is -2.15. The number of anilines is 2. The maximum absolute atomic E-state index is 12.8. The van der Waals surface area contributed by atoms with E-state index in [0.717, 1.165) is 11.1 Å². The van der Waals surface area contributed by atoms with Crippen LogP contribution < -0.4 is 14.8 Å². The van der Waals surface area contributed by atoms with Gasteiger partial charge in [-0.1, -0.05) is 24.3 Å². The number of nitrogens with one attached hydrogen (secondary N) is 3. The second-order valence-corrected chi connectivity index (χ2v) is 8.04. The molecule has 0 bridgehead atoms. The van der Waals surface area contributed by atoms with Crippen molar-refractivity contribution in [1.82, 2.24) is 10.2 Å². The highest BCUT2D eigenvalue weighted by molar-refractivity contribution is 7.92. The van der Waals surface area contributed by atoms with Crippen LogP contribution in [0.3, 0.4) is 0 Å². The summed E-state index contributed by atoms with van der Waals surface area (Å²) in [7, 11) is -3.92. The van der Waals surface area contributed by atoms with E-state index in [1.165, 1.54) is 25.1 Å². The highest BCUT2D eigenvalue weighted by atomic mass is 32.2. The average molecular weight is 414 g/mol. The third-order valence-electron chi connectivity index (χ3n) is 4.12. The predicted molar refractivity (Wildman–Crippen MR) is 111 cm³/mol. The largest absolute Gasteiger partial charge is 0.492 e. The molecule has 0 aliphatic carbocycles. The van der Waals surface area contributed by atoms with E-state index in [1.54, 1.807) is 13.0 Å². The summed E-state index contributed by atoms with van der Waals surface area (Å²) in [5.74, 6) is 0.227. The van der Waals surface area contributed by atoms with Crippen LogP contribution in [-0.4, -0.2) is 31.1 Å². The molecule has 0 aliphatic rings. The van der Waals surface area contributed by atoms with Crippen LogP contribution in [0.2, 0.25) is 0 Å². The Morgan fingerprint density at radius 1 is 1.17 bits per heavy atom. The number of amides is 1. The van der Waals surface area contributed by atoms with Gasteiger partial charge in [0.25, 0.3) is 10.0 Å². The van der Waals surface area contributed by atoms with E-state index in [0.29, 0.717) is 18.1 Å². The summed E-state index contributed by atoms with van der Waals surface area (Å²) in [5, 5.41) is 9.49. The van der Waals surface area contributed by atoms with Gasteiger partial charge in [0.05, 0.1) is 22.9 Å². The lowest BCUT2D eigenvalue weighted by Gasteiger charge is -2.13. The first-order chi connectivity index (χ1) is 13.8. The van der Waals surface area contributed by atoms with E-state index in [1.807, 2.05) is 31.2 Å². The number of nitrogens with zero attached hydrogens (tertiary/aromatic N) is 1. The number of hydrogen-bond acceptors (Lipinski definition) is 5. The molecule has 0 saturated heterocycles. The third kappa shape index (κ3) is 4.75. The highest BCUT2D eigenvalue weighted by Gasteiger charge is 2.19. The molecule has 3 rings (SSSR count). The number of carbonyl (C=O) groups is 1. The molecule has 9 heteroatoms. The van der Waals surface area contributed by atoms with Gasteiger partial charge in [0, 0.05) is 18.6 Å². The van der Waals surface area contributed by atoms with Crippen LogP contribution in [0, 0.1) is 6.92 Å². The summed E-state index contributed by atoms with van der Waals surface area (Å²) in [5.41, 5.74) is 2.95. The summed E-state index contributed by atoms with van der Waals surface area (Å²) in [6, 6.07) is 13.6. The molecule has 0 fully saturated rings. The molecule has 0 saturated carbocycles. The number of H-pyrrole nitrogens is 1. The van der Waals surface area contributed by atoms with E-state index in [4.69, 9.17) is 4.74 Å². The molecule has 0 atom stereocenters. The number of rotatable bonds is 7. The van der Waals surface area contributed by atoms with Gasteiger partial charge >= 0.3 is 0 Å². The predicted octanol–water partition coefficient (Wildman–Crippen LogP) is 3.54. The van der Waals surface area contributed by atoms with Crippen molar-refractivity contribution in [1.29, 1.82) is 0 Å². The molecule has 0 unspecified atom stereocenters. The normalized spacial score (nSPS) is 11.1. The number of aryl methyl sites for hydroxylation is 1. The molecule has 1 amide bonds. The molecular formula is C20H22N4O4S. The Hall–Kier alpha value is -3.33. The fourth-order valence-electron chi connectivity index (χ4n) is 2.83. The molecule has 1 aromatic heterocycles. The lowest BCUT2D eigenvalue weighted by atomic mass is 10.1. The van der Waals surface area contributed by atoms with Crippen LogP contribution in [0.5, 0.6) is 5.75 Å². The molecule has 0 radical (unpaired) electrons. The van der Waals surface area contributed by atoms with Gasteiger partial charge in [-0.2, -0.15) is 5.10 Å². The topological polar surface area (TPSA) is 113 Å². The van der Waals surface area contributed by atoms with Gasteiger partial charge in [0.1, 0.15) is 5.75 Å². The van der Waals surface area contributed by atoms with Crippen LogP contribution in [0.1, 0.15) is 19.4 Å². The Balaban J connectivity index is 1.88. The van der Waals surface area contributed by atoms with Crippen molar-refractivity contribution in [2.75, 3.05) is 16.6 Å². The molecule has 8 nitrogen and oxygen atoms in total. The summed E-state index contributed by atoms with van der Waals surface area (Å²) in [6.07, 6.45) is 0. The summed E-state index contributed by atoms with van der Waals surface area (Å²) in [6.45, 7) is 5.48. The number of ether oxygens (including phenoxy) is 1. The minimum atomic E-state index is -3.92. The average Bonchev–Trinajstić information content (AvgIpc) is 3.10. The zero-order chi connectivity index (χ0) is 21.0.